The number of carboxylic acids is 1. The van der Waals surface area contributed by atoms with Crippen LogP contribution in [0.5, 0.6) is 0 Å². The van der Waals surface area contributed by atoms with Crippen LogP contribution in [0.25, 0.3) is 33.3 Å². The first kappa shape index (κ1) is 20.2. The number of furan rings is 1. The summed E-state index contributed by atoms with van der Waals surface area (Å²) in [6.45, 7) is 0. The molecule has 0 amide bonds. The van der Waals surface area contributed by atoms with E-state index in [0.29, 0.717) is 27.1 Å². The van der Waals surface area contributed by atoms with E-state index in [4.69, 9.17) is 44.3 Å². The molecule has 9 heteroatoms. The summed E-state index contributed by atoms with van der Waals surface area (Å²) in [4.78, 5) is 30.3. The Balaban J connectivity index is 1.72. The highest BCUT2D eigenvalue weighted by atomic mass is 35.5. The van der Waals surface area contributed by atoms with E-state index in [2.05, 4.69) is 9.97 Å². The summed E-state index contributed by atoms with van der Waals surface area (Å²) in [6, 6.07) is 12.5. The minimum absolute atomic E-state index is 0.0146. The molecule has 2 aromatic heterocycles. The zero-order chi connectivity index (χ0) is 21.4. The topological polar surface area (TPSA) is 96.2 Å². The molecule has 0 unspecified atom stereocenters. The number of nitrogens with zero attached hydrogens (tertiary/aromatic N) is 1. The maximum Gasteiger partial charge on any atom is 0.335 e. The molecule has 4 rings (SSSR count). The number of aromatic amines is 1. The van der Waals surface area contributed by atoms with E-state index in [1.807, 2.05) is 0 Å². The molecule has 2 N–H and O–H groups in total. The first-order valence-corrected chi connectivity index (χ1v) is 9.65. The molecular weight excluding hydrogens is 451 g/mol. The van der Waals surface area contributed by atoms with Crippen LogP contribution < -0.4 is 5.56 Å². The van der Waals surface area contributed by atoms with Gasteiger partial charge in [0.15, 0.2) is 5.82 Å². The maximum absolute atomic E-state index is 12.3. The second-order valence-electron chi connectivity index (χ2n) is 6.27. The van der Waals surface area contributed by atoms with Gasteiger partial charge in [0, 0.05) is 16.7 Å². The number of benzene rings is 2. The number of nitrogens with one attached hydrogen (secondary N) is 1. The van der Waals surface area contributed by atoms with Crippen LogP contribution in [-0.4, -0.2) is 21.0 Å². The minimum Gasteiger partial charge on any atom is -0.478 e. The van der Waals surface area contributed by atoms with Gasteiger partial charge < -0.3 is 14.5 Å². The highest BCUT2D eigenvalue weighted by molar-refractivity contribution is 6.50. The molecule has 2 aromatic carbocycles. The zero-order valence-corrected chi connectivity index (χ0v) is 17.2. The molecule has 0 aliphatic rings. The lowest BCUT2D eigenvalue weighted by Crippen LogP contribution is -2.11. The Morgan fingerprint density at radius 2 is 1.90 bits per heavy atom. The third-order valence-electron chi connectivity index (χ3n) is 4.27. The fraction of sp³-hybridized carbons (Fsp3) is 0. The van der Waals surface area contributed by atoms with Crippen molar-refractivity contribution in [2.45, 2.75) is 0 Å². The van der Waals surface area contributed by atoms with E-state index in [9.17, 15) is 9.59 Å². The Bertz CT molecular complexity index is 1390. The molecule has 0 saturated heterocycles. The first-order valence-electron chi connectivity index (χ1n) is 8.52. The summed E-state index contributed by atoms with van der Waals surface area (Å²) in [5.74, 6) is -0.155. The van der Waals surface area contributed by atoms with Crippen LogP contribution >= 0.6 is 34.8 Å². The Hall–Kier alpha value is -3.06. The van der Waals surface area contributed by atoms with Crippen molar-refractivity contribution in [2.75, 3.05) is 0 Å². The lowest BCUT2D eigenvalue weighted by molar-refractivity contribution is 0.0697. The fourth-order valence-electron chi connectivity index (χ4n) is 2.84. The summed E-state index contributed by atoms with van der Waals surface area (Å²) in [5, 5.41) is 10.5. The average molecular weight is 462 g/mol. The van der Waals surface area contributed by atoms with Gasteiger partial charge in [-0.2, -0.15) is 0 Å². The van der Waals surface area contributed by atoms with Gasteiger partial charge >= 0.3 is 5.97 Å². The maximum atomic E-state index is 12.3. The van der Waals surface area contributed by atoms with Crippen molar-refractivity contribution in [1.82, 2.24) is 9.97 Å². The summed E-state index contributed by atoms with van der Waals surface area (Å²) in [5.41, 5.74) is 0.412. The highest BCUT2D eigenvalue weighted by Gasteiger charge is 2.12. The second kappa shape index (κ2) is 7.99. The smallest absolute Gasteiger partial charge is 0.335 e. The molecule has 0 spiro atoms. The van der Waals surface area contributed by atoms with Crippen molar-refractivity contribution in [3.05, 3.63) is 86.1 Å². The van der Waals surface area contributed by atoms with Gasteiger partial charge in [-0.1, -0.05) is 34.8 Å². The molecule has 0 fully saturated rings. The molecule has 0 atom stereocenters. The number of aromatic nitrogens is 2. The third-order valence-corrected chi connectivity index (χ3v) is 5.12. The summed E-state index contributed by atoms with van der Waals surface area (Å²) < 4.78 is 5.76. The van der Waals surface area contributed by atoms with Crippen molar-refractivity contribution in [3.8, 4) is 11.3 Å². The number of aromatic carboxylic acids is 1. The monoisotopic (exact) mass is 460 g/mol. The SMILES string of the molecule is O=C(O)c1ccc2c(=O)[nH]c(/C(Cl)=C/c3ccc(-c4cc(Cl)ccc4Cl)o3)nc2c1. The lowest BCUT2D eigenvalue weighted by Gasteiger charge is -2.03. The first-order chi connectivity index (χ1) is 14.3. The summed E-state index contributed by atoms with van der Waals surface area (Å²) in [6.07, 6.45) is 1.48. The zero-order valence-electron chi connectivity index (χ0n) is 14.9. The Kier molecular flexibility index (Phi) is 5.39. The summed E-state index contributed by atoms with van der Waals surface area (Å²) >= 11 is 18.5. The summed E-state index contributed by atoms with van der Waals surface area (Å²) in [7, 11) is 0. The van der Waals surface area contributed by atoms with Crippen LogP contribution in [0.2, 0.25) is 10.0 Å². The minimum atomic E-state index is -1.12. The van der Waals surface area contributed by atoms with Gasteiger partial charge in [0.25, 0.3) is 5.56 Å². The van der Waals surface area contributed by atoms with Gasteiger partial charge in [-0.3, -0.25) is 4.79 Å². The number of halogens is 3. The van der Waals surface area contributed by atoms with Gasteiger partial charge in [-0.15, -0.1) is 0 Å². The fourth-order valence-corrected chi connectivity index (χ4v) is 3.42. The molecule has 6 nitrogen and oxygen atoms in total. The van der Waals surface area contributed by atoms with Crippen LogP contribution in [0.4, 0.5) is 0 Å². The number of rotatable bonds is 4. The largest absolute Gasteiger partial charge is 0.478 e. The van der Waals surface area contributed by atoms with E-state index < -0.39 is 11.5 Å². The van der Waals surface area contributed by atoms with E-state index in [-0.39, 0.29) is 27.3 Å². The van der Waals surface area contributed by atoms with E-state index in [1.165, 1.54) is 24.3 Å². The quantitative estimate of drug-likeness (QED) is 0.393. The molecule has 30 heavy (non-hydrogen) atoms. The molecule has 150 valence electrons. The van der Waals surface area contributed by atoms with Crippen molar-refractivity contribution < 1.29 is 14.3 Å². The molecule has 2 heterocycles. The number of carboxylic acid groups (broad SMARTS) is 1. The van der Waals surface area contributed by atoms with Crippen LogP contribution in [0.1, 0.15) is 21.9 Å². The van der Waals surface area contributed by atoms with Crippen LogP contribution in [0.15, 0.2) is 57.7 Å². The predicted octanol–water partition coefficient (Wildman–Crippen LogP) is 5.93. The molecule has 0 saturated carbocycles. The molecule has 0 aliphatic carbocycles. The van der Waals surface area contributed by atoms with Gasteiger partial charge in [-0.25, -0.2) is 9.78 Å². The number of hydrogen-bond acceptors (Lipinski definition) is 4. The van der Waals surface area contributed by atoms with Gasteiger partial charge in [0.2, 0.25) is 0 Å². The van der Waals surface area contributed by atoms with E-state index in [1.54, 1.807) is 30.3 Å². The lowest BCUT2D eigenvalue weighted by atomic mass is 10.1. The van der Waals surface area contributed by atoms with Crippen LogP contribution in [0.3, 0.4) is 0 Å². The average Bonchev–Trinajstić information content (AvgIpc) is 3.17. The molecule has 0 radical (unpaired) electrons. The van der Waals surface area contributed by atoms with Gasteiger partial charge in [0.1, 0.15) is 11.5 Å². The van der Waals surface area contributed by atoms with Crippen molar-refractivity contribution in [3.63, 3.8) is 0 Å². The van der Waals surface area contributed by atoms with Crippen molar-refractivity contribution in [2.24, 2.45) is 0 Å². The Morgan fingerprint density at radius 1 is 1.10 bits per heavy atom. The molecule has 0 aliphatic heterocycles. The predicted molar refractivity (Wildman–Crippen MR) is 117 cm³/mol. The van der Waals surface area contributed by atoms with E-state index in [0.717, 1.165) is 0 Å². The van der Waals surface area contributed by atoms with Crippen LogP contribution in [-0.2, 0) is 0 Å². The number of hydrogen-bond donors (Lipinski definition) is 2. The highest BCUT2D eigenvalue weighted by Crippen LogP contribution is 2.33. The van der Waals surface area contributed by atoms with E-state index >= 15 is 0 Å². The number of carbonyl (C=O) groups is 1. The number of H-pyrrole nitrogens is 1. The molecule has 4 aromatic rings. The normalized spacial score (nSPS) is 11.8. The van der Waals surface area contributed by atoms with Crippen LogP contribution in [0, 0.1) is 0 Å². The molecular formula is C21H11Cl3N2O4. The van der Waals surface area contributed by atoms with Gasteiger partial charge in [0.05, 0.1) is 26.5 Å². The number of fused-ring (bicyclic) bond motifs is 1. The molecule has 0 bridgehead atoms. The Labute approximate surface area is 184 Å². The Morgan fingerprint density at radius 3 is 2.67 bits per heavy atom. The van der Waals surface area contributed by atoms with Crippen molar-refractivity contribution in [1.29, 1.82) is 0 Å². The standard InChI is InChI=1S/C21H11Cl3N2O4/c22-11-2-5-15(23)14(8-11)18-6-3-12(30-18)9-16(24)19-25-17-7-10(21(28)29)1-4-13(17)20(27)26-19/h1-9H,(H,28,29)(H,25,26,27)/b16-9-. The second-order valence-corrected chi connectivity index (χ2v) is 7.52. The third kappa shape index (κ3) is 3.98. The van der Waals surface area contributed by atoms with Crippen molar-refractivity contribution >= 4 is 62.8 Å². The van der Waals surface area contributed by atoms with Gasteiger partial charge in [-0.05, 0) is 48.5 Å².